The Morgan fingerprint density at radius 1 is 1.13 bits per heavy atom. The van der Waals surface area contributed by atoms with Crippen molar-refractivity contribution in [2.75, 3.05) is 25.4 Å². The monoisotopic (exact) mass is 332 g/mol. The molecular formula is C18H24N2O2S. The maximum Gasteiger partial charge on any atom is 0.317 e. The average Bonchev–Trinajstić information content (AvgIpc) is 3.00. The SMILES string of the molecule is O=C(NCC[S@](=O)Cc1ccccc1)N1C[C@H]2CC=CC[C@H]2C1. The van der Waals surface area contributed by atoms with Crippen molar-refractivity contribution in [3.8, 4) is 0 Å². The van der Waals surface area contributed by atoms with Gasteiger partial charge in [-0.05, 0) is 30.2 Å². The molecule has 3 rings (SSSR count). The highest BCUT2D eigenvalue weighted by Gasteiger charge is 2.34. The lowest BCUT2D eigenvalue weighted by atomic mass is 9.86. The summed E-state index contributed by atoms with van der Waals surface area (Å²) in [7, 11) is -0.939. The van der Waals surface area contributed by atoms with E-state index in [0.29, 0.717) is 29.9 Å². The Morgan fingerprint density at radius 2 is 1.78 bits per heavy atom. The number of allylic oxidation sites excluding steroid dienone is 2. The number of likely N-dealkylation sites (tertiary alicyclic amines) is 1. The van der Waals surface area contributed by atoms with Gasteiger partial charge in [-0.2, -0.15) is 0 Å². The quantitative estimate of drug-likeness (QED) is 0.843. The molecule has 0 saturated carbocycles. The Bertz CT molecular complexity index is 572. The van der Waals surface area contributed by atoms with E-state index in [4.69, 9.17) is 0 Å². The topological polar surface area (TPSA) is 49.4 Å². The van der Waals surface area contributed by atoms with Gasteiger partial charge in [-0.15, -0.1) is 0 Å². The van der Waals surface area contributed by atoms with Gasteiger partial charge in [0, 0.05) is 41.9 Å². The third kappa shape index (κ3) is 4.44. The molecule has 23 heavy (non-hydrogen) atoms. The average molecular weight is 332 g/mol. The Balaban J connectivity index is 1.37. The van der Waals surface area contributed by atoms with Crippen LogP contribution in [0.1, 0.15) is 18.4 Å². The van der Waals surface area contributed by atoms with Crippen LogP contribution in [0.15, 0.2) is 42.5 Å². The highest BCUT2D eigenvalue weighted by molar-refractivity contribution is 7.84. The van der Waals surface area contributed by atoms with Crippen LogP contribution < -0.4 is 5.32 Å². The zero-order chi connectivity index (χ0) is 16.1. The molecule has 0 aromatic heterocycles. The molecule has 1 aliphatic carbocycles. The summed E-state index contributed by atoms with van der Waals surface area (Å²) in [5, 5.41) is 2.92. The standard InChI is InChI=1S/C18H24N2O2S/c21-18(20-12-16-8-4-5-9-17(16)13-20)19-10-11-23(22)14-15-6-2-1-3-7-15/h1-7,16-17H,8-14H2,(H,19,21)/t16-,17+,23-/m0/s1. The molecule has 1 aliphatic heterocycles. The van der Waals surface area contributed by atoms with Gasteiger partial charge < -0.3 is 10.2 Å². The summed E-state index contributed by atoms with van der Waals surface area (Å²) in [5.74, 6) is 2.30. The Morgan fingerprint density at radius 3 is 2.43 bits per heavy atom. The van der Waals surface area contributed by atoms with E-state index in [9.17, 15) is 9.00 Å². The van der Waals surface area contributed by atoms with E-state index in [0.717, 1.165) is 31.5 Å². The molecule has 1 aromatic rings. The van der Waals surface area contributed by atoms with E-state index in [-0.39, 0.29) is 6.03 Å². The smallest absolute Gasteiger partial charge is 0.317 e. The fraction of sp³-hybridized carbons (Fsp3) is 0.500. The molecule has 3 atom stereocenters. The van der Waals surface area contributed by atoms with Crippen molar-refractivity contribution >= 4 is 16.8 Å². The molecule has 5 heteroatoms. The van der Waals surface area contributed by atoms with E-state index in [1.165, 1.54) is 0 Å². The van der Waals surface area contributed by atoms with Gasteiger partial charge in [0.05, 0.1) is 0 Å². The van der Waals surface area contributed by atoms with Crippen molar-refractivity contribution in [1.82, 2.24) is 10.2 Å². The number of benzene rings is 1. The van der Waals surface area contributed by atoms with Gasteiger partial charge in [0.1, 0.15) is 0 Å². The van der Waals surface area contributed by atoms with Crippen LogP contribution in [-0.2, 0) is 16.6 Å². The number of hydrogen-bond acceptors (Lipinski definition) is 2. The van der Waals surface area contributed by atoms with Gasteiger partial charge >= 0.3 is 6.03 Å². The van der Waals surface area contributed by atoms with Crippen LogP contribution in [0, 0.1) is 11.8 Å². The predicted octanol–water partition coefficient (Wildman–Crippen LogP) is 2.54. The van der Waals surface area contributed by atoms with Crippen molar-refractivity contribution < 1.29 is 9.00 Å². The van der Waals surface area contributed by atoms with Crippen molar-refractivity contribution in [1.29, 1.82) is 0 Å². The van der Waals surface area contributed by atoms with Crippen LogP contribution in [0.5, 0.6) is 0 Å². The number of carbonyl (C=O) groups is 1. The fourth-order valence-electron chi connectivity index (χ4n) is 3.40. The molecular weight excluding hydrogens is 308 g/mol. The number of fused-ring (bicyclic) bond motifs is 1. The molecule has 2 aliphatic rings. The molecule has 1 N–H and O–H groups in total. The van der Waals surface area contributed by atoms with E-state index < -0.39 is 10.8 Å². The maximum absolute atomic E-state index is 12.2. The van der Waals surface area contributed by atoms with Gasteiger partial charge in [0.2, 0.25) is 0 Å². The molecule has 1 aromatic carbocycles. The number of urea groups is 1. The minimum atomic E-state index is -0.939. The van der Waals surface area contributed by atoms with Crippen LogP contribution in [0.3, 0.4) is 0 Å². The Kier molecular flexibility index (Phi) is 5.49. The molecule has 2 amide bonds. The third-order valence-corrected chi connectivity index (χ3v) is 6.00. The summed E-state index contributed by atoms with van der Waals surface area (Å²) in [4.78, 5) is 14.1. The van der Waals surface area contributed by atoms with E-state index in [1.54, 1.807) is 0 Å². The lowest BCUT2D eigenvalue weighted by Crippen LogP contribution is -2.40. The Labute approximate surface area is 140 Å². The summed E-state index contributed by atoms with van der Waals surface area (Å²) in [6.45, 7) is 2.18. The highest BCUT2D eigenvalue weighted by atomic mass is 32.2. The third-order valence-electron chi connectivity index (χ3n) is 4.68. The largest absolute Gasteiger partial charge is 0.337 e. The second kappa shape index (κ2) is 7.77. The summed E-state index contributed by atoms with van der Waals surface area (Å²) < 4.78 is 12.1. The zero-order valence-corrected chi connectivity index (χ0v) is 14.1. The van der Waals surface area contributed by atoms with Crippen molar-refractivity contribution in [3.05, 3.63) is 48.0 Å². The summed E-state index contributed by atoms with van der Waals surface area (Å²) in [6, 6.07) is 9.82. The van der Waals surface area contributed by atoms with Crippen LogP contribution in [-0.4, -0.2) is 40.5 Å². The number of nitrogens with zero attached hydrogens (tertiary/aromatic N) is 1. The normalized spacial score (nSPS) is 24.3. The first-order valence-electron chi connectivity index (χ1n) is 8.29. The molecule has 0 bridgehead atoms. The number of amides is 2. The van der Waals surface area contributed by atoms with E-state index in [1.807, 2.05) is 35.2 Å². The minimum absolute atomic E-state index is 0.00360. The van der Waals surface area contributed by atoms with E-state index in [2.05, 4.69) is 17.5 Å². The Hall–Kier alpha value is -1.62. The van der Waals surface area contributed by atoms with Gasteiger partial charge in [0.15, 0.2) is 0 Å². The summed E-state index contributed by atoms with van der Waals surface area (Å²) in [6.07, 6.45) is 6.65. The van der Waals surface area contributed by atoms with Gasteiger partial charge in [-0.25, -0.2) is 4.79 Å². The fourth-order valence-corrected chi connectivity index (χ4v) is 4.43. The van der Waals surface area contributed by atoms with Gasteiger partial charge in [-0.1, -0.05) is 42.5 Å². The molecule has 1 heterocycles. The van der Waals surface area contributed by atoms with Crippen LogP contribution in [0.25, 0.3) is 0 Å². The van der Waals surface area contributed by atoms with Crippen LogP contribution in [0.4, 0.5) is 4.79 Å². The number of rotatable bonds is 5. The van der Waals surface area contributed by atoms with E-state index >= 15 is 0 Å². The molecule has 4 nitrogen and oxygen atoms in total. The molecule has 0 radical (unpaired) electrons. The predicted molar refractivity (Wildman–Crippen MR) is 93.5 cm³/mol. The highest BCUT2D eigenvalue weighted by Crippen LogP contribution is 2.32. The number of hydrogen-bond donors (Lipinski definition) is 1. The first kappa shape index (κ1) is 16.2. The summed E-state index contributed by atoms with van der Waals surface area (Å²) in [5.41, 5.74) is 1.08. The van der Waals surface area contributed by atoms with Gasteiger partial charge in [-0.3, -0.25) is 4.21 Å². The van der Waals surface area contributed by atoms with Crippen LogP contribution in [0.2, 0.25) is 0 Å². The zero-order valence-electron chi connectivity index (χ0n) is 13.3. The molecule has 124 valence electrons. The van der Waals surface area contributed by atoms with Crippen molar-refractivity contribution in [3.63, 3.8) is 0 Å². The molecule has 1 fully saturated rings. The molecule has 1 saturated heterocycles. The first-order chi connectivity index (χ1) is 11.2. The van der Waals surface area contributed by atoms with Gasteiger partial charge in [0.25, 0.3) is 0 Å². The lowest BCUT2D eigenvalue weighted by Gasteiger charge is -2.17. The summed E-state index contributed by atoms with van der Waals surface area (Å²) >= 11 is 0. The number of carbonyl (C=O) groups excluding carboxylic acids is 1. The second-order valence-electron chi connectivity index (χ2n) is 6.37. The second-order valence-corrected chi connectivity index (χ2v) is 7.95. The van der Waals surface area contributed by atoms with Crippen LogP contribution >= 0.6 is 0 Å². The minimum Gasteiger partial charge on any atom is -0.337 e. The van der Waals surface area contributed by atoms with Crippen molar-refractivity contribution in [2.24, 2.45) is 11.8 Å². The molecule has 0 unspecified atom stereocenters. The first-order valence-corrected chi connectivity index (χ1v) is 9.78. The lowest BCUT2D eigenvalue weighted by molar-refractivity contribution is 0.207. The maximum atomic E-state index is 12.2. The number of nitrogens with one attached hydrogen (secondary N) is 1. The van der Waals surface area contributed by atoms with Crippen molar-refractivity contribution in [2.45, 2.75) is 18.6 Å². The molecule has 0 spiro atoms.